The molecule has 0 saturated heterocycles. The predicted octanol–water partition coefficient (Wildman–Crippen LogP) is 5.67. The topological polar surface area (TPSA) is 115 Å². The van der Waals surface area contributed by atoms with E-state index < -0.39 is 17.4 Å². The van der Waals surface area contributed by atoms with Gasteiger partial charge in [-0.05, 0) is 51.8 Å². The number of amides is 2. The quantitative estimate of drug-likeness (QED) is 0.318. The molecule has 0 radical (unpaired) electrons. The van der Waals surface area contributed by atoms with Crippen LogP contribution in [0.25, 0.3) is 11.4 Å². The number of aryl methyl sites for hydroxylation is 1. The maximum atomic E-state index is 14.5. The van der Waals surface area contributed by atoms with E-state index >= 15 is 0 Å². The zero-order chi connectivity index (χ0) is 28.8. The van der Waals surface area contributed by atoms with Gasteiger partial charge in [0.2, 0.25) is 5.88 Å². The Labute approximate surface area is 245 Å². The number of ether oxygens (including phenoxy) is 1. The largest absolute Gasteiger partial charge is 0.480 e. The molecule has 2 amide bonds. The summed E-state index contributed by atoms with van der Waals surface area (Å²) in [5, 5.41) is 3.75. The van der Waals surface area contributed by atoms with Crippen molar-refractivity contribution in [2.24, 2.45) is 0 Å². The van der Waals surface area contributed by atoms with Gasteiger partial charge in [-0.25, -0.2) is 9.97 Å². The number of hydrogen-bond acceptors (Lipinski definition) is 7. The number of pyridine rings is 1. The Morgan fingerprint density at radius 2 is 1.85 bits per heavy atom. The monoisotopic (exact) mass is 589 g/mol. The van der Waals surface area contributed by atoms with Crippen LogP contribution in [-0.2, 0) is 10.3 Å². The minimum atomic E-state index is -1.61. The van der Waals surface area contributed by atoms with Crippen molar-refractivity contribution in [3.63, 3.8) is 0 Å². The molecule has 1 spiro atoms. The summed E-state index contributed by atoms with van der Waals surface area (Å²) in [5.74, 6) is 0.981. The molecule has 1 aromatic carbocycles. The van der Waals surface area contributed by atoms with Crippen LogP contribution in [0.1, 0.15) is 71.9 Å². The smallest absolute Gasteiger partial charge is 0.280 e. The van der Waals surface area contributed by atoms with Gasteiger partial charge in [-0.2, -0.15) is 4.98 Å². The van der Waals surface area contributed by atoms with Gasteiger partial charge >= 0.3 is 0 Å². The van der Waals surface area contributed by atoms with Gasteiger partial charge in [0.25, 0.3) is 11.8 Å². The summed E-state index contributed by atoms with van der Waals surface area (Å²) in [7, 11) is 1.55. The van der Waals surface area contributed by atoms with Crippen LogP contribution in [-0.4, -0.2) is 43.4 Å². The number of nitrogens with one attached hydrogen (secondary N) is 1. The van der Waals surface area contributed by atoms with Crippen LogP contribution in [0.2, 0.25) is 10.0 Å². The van der Waals surface area contributed by atoms with E-state index in [4.69, 9.17) is 32.9 Å². The van der Waals surface area contributed by atoms with E-state index in [1.54, 1.807) is 44.5 Å². The summed E-state index contributed by atoms with van der Waals surface area (Å²) in [5.41, 5.74) is 1.51. The minimum absolute atomic E-state index is 0.138. The van der Waals surface area contributed by atoms with Gasteiger partial charge in [0.15, 0.2) is 11.2 Å². The van der Waals surface area contributed by atoms with E-state index in [9.17, 15) is 9.59 Å². The van der Waals surface area contributed by atoms with Crippen molar-refractivity contribution in [3.8, 4) is 17.3 Å². The highest BCUT2D eigenvalue weighted by atomic mass is 35.5. The molecule has 4 aromatic rings. The summed E-state index contributed by atoms with van der Waals surface area (Å²) in [4.78, 5) is 48.8. The number of anilines is 2. The van der Waals surface area contributed by atoms with Crippen LogP contribution in [0.15, 0.2) is 36.7 Å². The molecule has 208 valence electrons. The average Bonchev–Trinajstić information content (AvgIpc) is 3.59. The fraction of sp³-hybridized carbons (Fsp3) is 0.310. The lowest BCUT2D eigenvalue weighted by Gasteiger charge is -2.36. The Morgan fingerprint density at radius 3 is 2.56 bits per heavy atom. The number of rotatable bonds is 5. The average molecular weight is 590 g/mol. The Morgan fingerprint density at radius 1 is 1.07 bits per heavy atom. The third-order valence-corrected chi connectivity index (χ3v) is 8.32. The molecule has 1 atom stereocenters. The second kappa shape index (κ2) is 8.99. The number of benzene rings is 1. The molecule has 3 aromatic heterocycles. The van der Waals surface area contributed by atoms with E-state index in [2.05, 4.69) is 20.3 Å². The molecular weight excluding hydrogens is 565 g/mol. The summed E-state index contributed by atoms with van der Waals surface area (Å²) in [6, 6.07) is 6.57. The van der Waals surface area contributed by atoms with Gasteiger partial charge in [-0.3, -0.25) is 19.5 Å². The fourth-order valence-corrected chi connectivity index (χ4v) is 6.28. The van der Waals surface area contributed by atoms with Crippen LogP contribution >= 0.6 is 23.2 Å². The number of imidazole rings is 1. The molecule has 1 aliphatic carbocycles. The van der Waals surface area contributed by atoms with E-state index in [-0.39, 0.29) is 11.7 Å². The number of carbonyl (C=O) groups is 2. The van der Waals surface area contributed by atoms with E-state index in [0.29, 0.717) is 61.6 Å². The lowest BCUT2D eigenvalue weighted by molar-refractivity contribution is -0.119. The van der Waals surface area contributed by atoms with Crippen LogP contribution in [0, 0.1) is 6.92 Å². The zero-order valence-electron chi connectivity index (χ0n) is 22.7. The SMILES string of the molecule is COc1nc(C2CC2)ncc1-c1nc2c(n1C(C)C)[C@@]1(C(=O)Nc3cc(Cl)ccc31)N(c1cc(Cl)cnc1C)C2=O. The second-order valence-electron chi connectivity index (χ2n) is 10.8. The lowest BCUT2D eigenvalue weighted by atomic mass is 9.87. The van der Waals surface area contributed by atoms with Gasteiger partial charge in [0.05, 0.1) is 34.8 Å². The number of fused-ring (bicyclic) bond motifs is 4. The van der Waals surface area contributed by atoms with Crippen LogP contribution in [0.5, 0.6) is 5.88 Å². The van der Waals surface area contributed by atoms with Crippen molar-refractivity contribution < 1.29 is 14.3 Å². The lowest BCUT2D eigenvalue weighted by Crippen LogP contribution is -2.51. The summed E-state index contributed by atoms with van der Waals surface area (Å²) < 4.78 is 7.60. The van der Waals surface area contributed by atoms with Gasteiger partial charge in [-0.1, -0.05) is 29.3 Å². The van der Waals surface area contributed by atoms with Gasteiger partial charge in [0.1, 0.15) is 11.6 Å². The first kappa shape index (κ1) is 25.9. The number of methoxy groups -OCH3 is 1. The van der Waals surface area contributed by atoms with Crippen molar-refractivity contribution in [3.05, 3.63) is 75.2 Å². The number of aromatic nitrogens is 5. The molecule has 5 heterocycles. The molecule has 12 heteroatoms. The van der Waals surface area contributed by atoms with Crippen molar-refractivity contribution in [1.82, 2.24) is 24.5 Å². The molecule has 41 heavy (non-hydrogen) atoms. The van der Waals surface area contributed by atoms with E-state index in [1.807, 2.05) is 18.4 Å². The molecule has 2 aliphatic heterocycles. The van der Waals surface area contributed by atoms with Crippen LogP contribution in [0.3, 0.4) is 0 Å². The summed E-state index contributed by atoms with van der Waals surface area (Å²) in [6.45, 7) is 5.71. The zero-order valence-corrected chi connectivity index (χ0v) is 24.2. The van der Waals surface area contributed by atoms with E-state index in [0.717, 1.165) is 18.7 Å². The molecule has 1 N–H and O–H groups in total. The van der Waals surface area contributed by atoms with E-state index in [1.165, 1.54) is 11.1 Å². The number of halogens is 2. The van der Waals surface area contributed by atoms with Gasteiger partial charge < -0.3 is 14.6 Å². The summed E-state index contributed by atoms with van der Waals surface area (Å²) >= 11 is 12.7. The molecule has 7 rings (SSSR count). The standard InChI is InChI=1S/C29H25Cl2N7O3/c1-13(2)37-23-22(35-25(37)18-12-33-24(15-5-6-15)36-26(18)41-4)27(39)38(21-10-17(31)11-32-14(21)3)29(23)19-8-7-16(30)9-20(19)34-28(29)40/h7-13,15H,5-6H2,1-4H3,(H,34,40)/t29-/m0/s1. The Balaban J connectivity index is 1.55. The molecular formula is C29H25Cl2N7O3. The van der Waals surface area contributed by atoms with Crippen molar-refractivity contribution in [1.29, 1.82) is 0 Å². The number of hydrogen-bond donors (Lipinski definition) is 1. The summed E-state index contributed by atoms with van der Waals surface area (Å²) in [6.07, 6.45) is 5.28. The number of nitrogens with zero attached hydrogens (tertiary/aromatic N) is 6. The second-order valence-corrected chi connectivity index (χ2v) is 11.6. The molecule has 0 bridgehead atoms. The maximum absolute atomic E-state index is 14.5. The fourth-order valence-electron chi connectivity index (χ4n) is 5.95. The Hall–Kier alpha value is -4.02. The molecule has 1 fully saturated rings. The molecule has 0 unspecified atom stereocenters. The third kappa shape index (κ3) is 3.56. The molecule has 1 saturated carbocycles. The van der Waals surface area contributed by atoms with Gasteiger partial charge in [0, 0.05) is 40.6 Å². The molecule has 3 aliphatic rings. The minimum Gasteiger partial charge on any atom is -0.480 e. The van der Waals surface area contributed by atoms with Crippen molar-refractivity contribution >= 4 is 46.4 Å². The highest BCUT2D eigenvalue weighted by Crippen LogP contribution is 2.55. The third-order valence-electron chi connectivity index (χ3n) is 7.88. The first-order valence-corrected chi connectivity index (χ1v) is 14.0. The van der Waals surface area contributed by atoms with Crippen molar-refractivity contribution in [2.75, 3.05) is 17.3 Å². The molecule has 10 nitrogen and oxygen atoms in total. The van der Waals surface area contributed by atoms with Crippen LogP contribution in [0.4, 0.5) is 11.4 Å². The normalized spacial score (nSPS) is 19.2. The first-order chi connectivity index (χ1) is 19.7. The van der Waals surface area contributed by atoms with Crippen LogP contribution < -0.4 is 15.0 Å². The van der Waals surface area contributed by atoms with Crippen molar-refractivity contribution in [2.45, 2.75) is 51.1 Å². The maximum Gasteiger partial charge on any atom is 0.280 e. The Bertz CT molecular complexity index is 1800. The Kier molecular flexibility index (Phi) is 5.68. The predicted molar refractivity (Wildman–Crippen MR) is 154 cm³/mol. The highest BCUT2D eigenvalue weighted by molar-refractivity contribution is 6.32. The van der Waals surface area contributed by atoms with Gasteiger partial charge in [-0.15, -0.1) is 0 Å². The number of carbonyl (C=O) groups excluding carboxylic acids is 2. The first-order valence-electron chi connectivity index (χ1n) is 13.3. The highest BCUT2D eigenvalue weighted by Gasteiger charge is 2.64.